The van der Waals surface area contributed by atoms with E-state index in [1.165, 1.54) is 44.3 Å². The summed E-state index contributed by atoms with van der Waals surface area (Å²) in [7, 11) is 0. The minimum Gasteiger partial charge on any atom is -0.317 e. The van der Waals surface area contributed by atoms with Crippen LogP contribution < -0.4 is 4.90 Å². The summed E-state index contributed by atoms with van der Waals surface area (Å²) in [6.07, 6.45) is 19.3. The summed E-state index contributed by atoms with van der Waals surface area (Å²) in [4.78, 5) is 2.29. The Morgan fingerprint density at radius 1 is 0.635 bits per heavy atom. The number of aromatic nitrogens is 1. The molecule has 7 aromatic rings. The number of rotatable bonds is 10. The molecule has 0 spiro atoms. The molecule has 0 amide bonds. The Balaban J connectivity index is 1.25. The van der Waals surface area contributed by atoms with Crippen LogP contribution in [0.2, 0.25) is 0 Å². The van der Waals surface area contributed by atoms with Crippen LogP contribution >= 0.6 is 0 Å². The van der Waals surface area contributed by atoms with Crippen LogP contribution in [0.25, 0.3) is 50.0 Å². The molecule has 1 aromatic heterocycles. The molecule has 1 aliphatic rings. The number of para-hydroxylation sites is 1. The van der Waals surface area contributed by atoms with Crippen molar-refractivity contribution in [1.29, 1.82) is 0 Å². The Hall–Kier alpha value is -6.64. The third-order valence-corrected chi connectivity index (χ3v) is 9.79. The predicted molar refractivity (Wildman–Crippen MR) is 223 cm³/mol. The van der Waals surface area contributed by atoms with Crippen molar-refractivity contribution in [3.8, 4) is 27.9 Å². The lowest BCUT2D eigenvalue weighted by Crippen LogP contribution is -2.09. The summed E-state index contributed by atoms with van der Waals surface area (Å²) in [6, 6.07) is 56.2. The minimum atomic E-state index is 0.998. The minimum absolute atomic E-state index is 0.998. The molecule has 52 heavy (non-hydrogen) atoms. The van der Waals surface area contributed by atoms with E-state index in [1.807, 2.05) is 12.1 Å². The van der Waals surface area contributed by atoms with E-state index in [-0.39, 0.29) is 0 Å². The third kappa shape index (κ3) is 6.75. The largest absolute Gasteiger partial charge is 0.317 e. The van der Waals surface area contributed by atoms with Gasteiger partial charge in [0.2, 0.25) is 0 Å². The van der Waals surface area contributed by atoms with Crippen molar-refractivity contribution < 1.29 is 0 Å². The molecule has 0 fully saturated rings. The standard InChI is InChI=1S/C50H40N2/c1-2-38(39-17-7-3-8-18-39)23-16-35-51(44-30-28-41(29-31-44)40-19-9-4-10-20-40)45-32-33-47(49(37-45)42-21-11-5-12-22-42)46-26-15-27-50-48(46)34-36-52(50)43-24-13-6-14-25-43/h2-11,13-21,23-37H,1,12,22H2/b35-16+,38-23+. The summed E-state index contributed by atoms with van der Waals surface area (Å²) in [6.45, 7) is 4.10. The Morgan fingerprint density at radius 3 is 2.08 bits per heavy atom. The van der Waals surface area contributed by atoms with Crippen LogP contribution in [-0.4, -0.2) is 4.57 Å². The zero-order valence-corrected chi connectivity index (χ0v) is 29.1. The van der Waals surface area contributed by atoms with Gasteiger partial charge in [-0.25, -0.2) is 0 Å². The van der Waals surface area contributed by atoms with E-state index >= 15 is 0 Å². The molecule has 1 aliphatic carbocycles. The average Bonchev–Trinajstić information content (AvgIpc) is 3.67. The summed E-state index contributed by atoms with van der Waals surface area (Å²) < 4.78 is 2.28. The number of fused-ring (bicyclic) bond motifs is 1. The molecule has 2 nitrogen and oxygen atoms in total. The number of anilines is 2. The first kappa shape index (κ1) is 32.6. The number of benzene rings is 6. The first-order chi connectivity index (χ1) is 25.8. The Morgan fingerprint density at radius 2 is 1.35 bits per heavy atom. The zero-order valence-electron chi connectivity index (χ0n) is 29.1. The van der Waals surface area contributed by atoms with Gasteiger partial charge in [0, 0.05) is 34.8 Å². The fourth-order valence-corrected chi connectivity index (χ4v) is 7.14. The molecule has 2 heteroatoms. The molecular weight excluding hydrogens is 629 g/mol. The van der Waals surface area contributed by atoms with E-state index in [4.69, 9.17) is 0 Å². The van der Waals surface area contributed by atoms with E-state index in [2.05, 4.69) is 210 Å². The first-order valence-electron chi connectivity index (χ1n) is 17.9. The number of hydrogen-bond acceptors (Lipinski definition) is 1. The predicted octanol–water partition coefficient (Wildman–Crippen LogP) is 13.6. The van der Waals surface area contributed by atoms with Crippen molar-refractivity contribution in [2.24, 2.45) is 0 Å². The summed E-state index contributed by atoms with van der Waals surface area (Å²) in [5.74, 6) is 0. The van der Waals surface area contributed by atoms with Crippen molar-refractivity contribution >= 4 is 33.4 Å². The highest BCUT2D eigenvalue weighted by atomic mass is 15.1. The maximum Gasteiger partial charge on any atom is 0.0534 e. The van der Waals surface area contributed by atoms with Gasteiger partial charge in [0.1, 0.15) is 0 Å². The highest BCUT2D eigenvalue weighted by Crippen LogP contribution is 2.41. The van der Waals surface area contributed by atoms with Crippen molar-refractivity contribution in [2.75, 3.05) is 4.90 Å². The topological polar surface area (TPSA) is 8.17 Å². The van der Waals surface area contributed by atoms with E-state index in [0.717, 1.165) is 41.0 Å². The molecule has 0 bridgehead atoms. The summed E-state index contributed by atoms with van der Waals surface area (Å²) in [5.41, 5.74) is 14.2. The maximum atomic E-state index is 4.10. The van der Waals surface area contributed by atoms with Crippen molar-refractivity contribution in [3.05, 3.63) is 224 Å². The fraction of sp³-hybridized carbons (Fsp3) is 0.0400. The van der Waals surface area contributed by atoms with Gasteiger partial charge in [0.25, 0.3) is 0 Å². The lowest BCUT2D eigenvalue weighted by atomic mass is 9.88. The van der Waals surface area contributed by atoms with Crippen LogP contribution in [0.15, 0.2) is 213 Å². The van der Waals surface area contributed by atoms with E-state index in [1.54, 1.807) is 0 Å². The van der Waals surface area contributed by atoms with Gasteiger partial charge in [0.15, 0.2) is 0 Å². The Kier molecular flexibility index (Phi) is 9.44. The van der Waals surface area contributed by atoms with Gasteiger partial charge < -0.3 is 9.47 Å². The number of hydrogen-bond donors (Lipinski definition) is 0. The Bertz CT molecular complexity index is 2440. The summed E-state index contributed by atoms with van der Waals surface area (Å²) in [5, 5.41) is 1.24. The second kappa shape index (κ2) is 15.1. The monoisotopic (exact) mass is 668 g/mol. The second-order valence-corrected chi connectivity index (χ2v) is 13.0. The van der Waals surface area contributed by atoms with Crippen LogP contribution in [0.4, 0.5) is 11.4 Å². The highest BCUT2D eigenvalue weighted by molar-refractivity contribution is 6.00. The molecule has 0 saturated heterocycles. The zero-order chi connectivity index (χ0) is 35.1. The first-order valence-corrected chi connectivity index (χ1v) is 17.9. The molecule has 0 radical (unpaired) electrons. The molecular formula is C50H40N2. The van der Waals surface area contributed by atoms with E-state index in [0.29, 0.717) is 0 Å². The van der Waals surface area contributed by atoms with E-state index in [9.17, 15) is 0 Å². The molecule has 0 atom stereocenters. The van der Waals surface area contributed by atoms with Crippen molar-refractivity contribution in [3.63, 3.8) is 0 Å². The quantitative estimate of drug-likeness (QED) is 0.132. The normalized spacial score (nSPS) is 13.0. The smallest absolute Gasteiger partial charge is 0.0534 e. The van der Waals surface area contributed by atoms with Crippen LogP contribution in [-0.2, 0) is 0 Å². The van der Waals surface area contributed by atoms with Crippen LogP contribution in [0.1, 0.15) is 24.0 Å². The van der Waals surface area contributed by atoms with Gasteiger partial charge in [-0.2, -0.15) is 0 Å². The van der Waals surface area contributed by atoms with E-state index < -0.39 is 0 Å². The van der Waals surface area contributed by atoms with Crippen molar-refractivity contribution in [1.82, 2.24) is 4.57 Å². The summed E-state index contributed by atoms with van der Waals surface area (Å²) >= 11 is 0. The van der Waals surface area contributed by atoms with Crippen LogP contribution in [0.3, 0.4) is 0 Å². The second-order valence-electron chi connectivity index (χ2n) is 13.0. The maximum absolute atomic E-state index is 4.10. The van der Waals surface area contributed by atoms with Crippen LogP contribution in [0.5, 0.6) is 0 Å². The molecule has 250 valence electrons. The average molecular weight is 669 g/mol. The van der Waals surface area contributed by atoms with Gasteiger partial charge in [-0.15, -0.1) is 0 Å². The molecule has 0 unspecified atom stereocenters. The third-order valence-electron chi connectivity index (χ3n) is 9.79. The molecule has 8 rings (SSSR count). The van der Waals surface area contributed by atoms with Gasteiger partial charge >= 0.3 is 0 Å². The molecule has 0 saturated carbocycles. The fourth-order valence-electron chi connectivity index (χ4n) is 7.14. The van der Waals surface area contributed by atoms with Crippen LogP contribution in [0, 0.1) is 0 Å². The Labute approximate surface area is 307 Å². The lowest BCUT2D eigenvalue weighted by molar-refractivity contribution is 1.05. The lowest BCUT2D eigenvalue weighted by Gasteiger charge is -2.24. The molecule has 6 aromatic carbocycles. The van der Waals surface area contributed by atoms with Crippen molar-refractivity contribution in [2.45, 2.75) is 12.8 Å². The van der Waals surface area contributed by atoms with Gasteiger partial charge in [0.05, 0.1) is 5.52 Å². The number of nitrogens with zero attached hydrogens (tertiary/aromatic N) is 2. The highest BCUT2D eigenvalue weighted by Gasteiger charge is 2.18. The molecule has 0 aliphatic heterocycles. The SMILES string of the molecule is C=C/C(=C\C=C\N(c1ccc(-c2ccccc2)cc1)c1ccc(-c2cccc3c2ccn3-c2ccccc2)c(C2=CC=CCC2)c1)c1ccccc1. The number of allylic oxidation sites excluding steroid dienone is 8. The molecule has 0 N–H and O–H groups in total. The molecule has 1 heterocycles. The van der Waals surface area contributed by atoms with Gasteiger partial charge in [-0.05, 0) is 112 Å². The van der Waals surface area contributed by atoms with Gasteiger partial charge in [-0.3, -0.25) is 0 Å². The van der Waals surface area contributed by atoms with Gasteiger partial charge in [-0.1, -0.05) is 146 Å².